The maximum Gasteiger partial charge on any atom is 0.321 e. The van der Waals surface area contributed by atoms with Crippen LogP contribution in [0.2, 0.25) is 0 Å². The molecule has 124 valence electrons. The Morgan fingerprint density at radius 1 is 1.39 bits per heavy atom. The molecule has 1 aliphatic heterocycles. The molecule has 0 aromatic heterocycles. The quantitative estimate of drug-likeness (QED) is 0.621. The van der Waals surface area contributed by atoms with Crippen molar-refractivity contribution >= 4 is 28.6 Å². The molecule has 1 heterocycles. The van der Waals surface area contributed by atoms with Crippen LogP contribution < -0.4 is 0 Å². The van der Waals surface area contributed by atoms with Gasteiger partial charge in [-0.25, -0.2) is 4.39 Å². The van der Waals surface area contributed by atoms with Gasteiger partial charge in [-0.2, -0.15) is 0 Å². The molecule has 0 spiro atoms. The maximum atomic E-state index is 13.0. The van der Waals surface area contributed by atoms with Crippen LogP contribution in [-0.2, 0) is 19.1 Å². The number of hydrogen-bond donors (Lipinski definition) is 0. The van der Waals surface area contributed by atoms with E-state index in [1.165, 1.54) is 24.3 Å². The number of halogens is 2. The van der Waals surface area contributed by atoms with Crippen molar-refractivity contribution in [2.75, 3.05) is 6.61 Å². The molecule has 2 rings (SSSR count). The minimum Gasteiger partial charge on any atom is -0.465 e. The predicted molar refractivity (Wildman–Crippen MR) is 84.0 cm³/mol. The van der Waals surface area contributed by atoms with E-state index < -0.39 is 29.4 Å². The standard InChI is InChI=1S/C17H18ClFO4/c1-4-22-15(20)14-12(17(2,3)23-16(14)21)9-13(18)10-5-7-11(19)8-6-10/h5-9,12,14H,4H2,1-3H3. The summed E-state index contributed by atoms with van der Waals surface area (Å²) in [5, 5.41) is 0.315. The molecule has 1 saturated heterocycles. The van der Waals surface area contributed by atoms with Gasteiger partial charge >= 0.3 is 11.9 Å². The highest BCUT2D eigenvalue weighted by Crippen LogP contribution is 2.40. The normalized spacial score (nSPS) is 23.5. The molecule has 0 bridgehead atoms. The summed E-state index contributed by atoms with van der Waals surface area (Å²) in [5.74, 6) is -3.26. The fourth-order valence-corrected chi connectivity index (χ4v) is 2.84. The van der Waals surface area contributed by atoms with Crippen LogP contribution in [0.3, 0.4) is 0 Å². The molecule has 2 atom stereocenters. The van der Waals surface area contributed by atoms with Crippen LogP contribution in [0.25, 0.3) is 5.03 Å². The SMILES string of the molecule is CCOC(=O)C1C(=O)OC(C)(C)C1C=C(Cl)c1ccc(F)cc1. The first-order chi connectivity index (χ1) is 10.8. The molecule has 0 saturated carbocycles. The summed E-state index contributed by atoms with van der Waals surface area (Å²) >= 11 is 6.28. The lowest BCUT2D eigenvalue weighted by Gasteiger charge is -2.24. The Balaban J connectivity index is 2.35. The Labute approximate surface area is 139 Å². The summed E-state index contributed by atoms with van der Waals surface area (Å²) in [5.41, 5.74) is -0.305. The second kappa shape index (κ2) is 6.71. The minimum atomic E-state index is -1.06. The first kappa shape index (κ1) is 17.5. The molecular weight excluding hydrogens is 323 g/mol. The number of carbonyl (C=O) groups is 2. The zero-order valence-corrected chi connectivity index (χ0v) is 13.9. The first-order valence-corrected chi connectivity index (χ1v) is 7.67. The summed E-state index contributed by atoms with van der Waals surface area (Å²) in [6, 6.07) is 5.63. The van der Waals surface area contributed by atoms with Gasteiger partial charge in [-0.15, -0.1) is 0 Å². The lowest BCUT2D eigenvalue weighted by molar-refractivity contribution is -0.157. The molecule has 1 aromatic carbocycles. The van der Waals surface area contributed by atoms with E-state index in [0.29, 0.717) is 10.6 Å². The fourth-order valence-electron chi connectivity index (χ4n) is 2.57. The molecule has 2 unspecified atom stereocenters. The molecule has 23 heavy (non-hydrogen) atoms. The van der Waals surface area contributed by atoms with Gasteiger partial charge in [-0.3, -0.25) is 9.59 Å². The van der Waals surface area contributed by atoms with E-state index in [4.69, 9.17) is 21.1 Å². The zero-order chi connectivity index (χ0) is 17.2. The average molecular weight is 341 g/mol. The first-order valence-electron chi connectivity index (χ1n) is 7.29. The van der Waals surface area contributed by atoms with Gasteiger partial charge in [-0.1, -0.05) is 29.8 Å². The topological polar surface area (TPSA) is 52.6 Å². The van der Waals surface area contributed by atoms with Gasteiger partial charge < -0.3 is 9.47 Å². The number of esters is 2. The van der Waals surface area contributed by atoms with Crippen LogP contribution in [0.4, 0.5) is 4.39 Å². The predicted octanol–water partition coefficient (Wildman–Crippen LogP) is 3.54. The van der Waals surface area contributed by atoms with Crippen LogP contribution in [0.1, 0.15) is 26.3 Å². The Hall–Kier alpha value is -1.88. The lowest BCUT2D eigenvalue weighted by atomic mass is 9.82. The van der Waals surface area contributed by atoms with Crippen LogP contribution >= 0.6 is 11.6 Å². The molecular formula is C17H18ClFO4. The number of benzene rings is 1. The van der Waals surface area contributed by atoms with Crippen molar-refractivity contribution in [3.8, 4) is 0 Å². The van der Waals surface area contributed by atoms with Crippen LogP contribution in [-0.4, -0.2) is 24.1 Å². The molecule has 0 amide bonds. The van der Waals surface area contributed by atoms with Crippen LogP contribution in [0.15, 0.2) is 30.3 Å². The Morgan fingerprint density at radius 2 is 2.00 bits per heavy atom. The molecule has 1 aromatic rings. The summed E-state index contributed by atoms with van der Waals surface area (Å²) in [7, 11) is 0. The number of cyclic esters (lactones) is 1. The van der Waals surface area contributed by atoms with Crippen molar-refractivity contribution in [1.29, 1.82) is 0 Å². The lowest BCUT2D eigenvalue weighted by Crippen LogP contribution is -2.32. The van der Waals surface area contributed by atoms with E-state index in [9.17, 15) is 14.0 Å². The Morgan fingerprint density at radius 3 is 2.57 bits per heavy atom. The monoisotopic (exact) mass is 340 g/mol. The number of hydrogen-bond acceptors (Lipinski definition) is 4. The van der Waals surface area contributed by atoms with Gasteiger partial charge in [0, 0.05) is 11.0 Å². The fraction of sp³-hybridized carbons (Fsp3) is 0.412. The summed E-state index contributed by atoms with van der Waals surface area (Å²) < 4.78 is 23.2. The highest BCUT2D eigenvalue weighted by atomic mass is 35.5. The molecule has 0 N–H and O–H groups in total. The summed E-state index contributed by atoms with van der Waals surface area (Å²) in [6.07, 6.45) is 1.60. The highest BCUT2D eigenvalue weighted by Gasteiger charge is 2.53. The molecule has 6 heteroatoms. The molecule has 0 aliphatic carbocycles. The van der Waals surface area contributed by atoms with E-state index in [1.807, 2.05) is 0 Å². The van der Waals surface area contributed by atoms with Gasteiger partial charge in [0.1, 0.15) is 11.4 Å². The van der Waals surface area contributed by atoms with Gasteiger partial charge in [0.05, 0.1) is 6.61 Å². The molecule has 0 radical (unpaired) electrons. The second-order valence-corrected chi connectivity index (χ2v) is 6.21. The van der Waals surface area contributed by atoms with Gasteiger partial charge in [0.2, 0.25) is 0 Å². The number of carbonyl (C=O) groups excluding carboxylic acids is 2. The minimum absolute atomic E-state index is 0.172. The molecule has 1 fully saturated rings. The zero-order valence-electron chi connectivity index (χ0n) is 13.1. The smallest absolute Gasteiger partial charge is 0.321 e. The van der Waals surface area contributed by atoms with Crippen molar-refractivity contribution in [1.82, 2.24) is 0 Å². The van der Waals surface area contributed by atoms with E-state index in [-0.39, 0.29) is 12.4 Å². The van der Waals surface area contributed by atoms with Crippen molar-refractivity contribution in [3.05, 3.63) is 41.7 Å². The third-order valence-electron chi connectivity index (χ3n) is 3.77. The number of ether oxygens (including phenoxy) is 2. The van der Waals surface area contributed by atoms with Crippen molar-refractivity contribution in [2.45, 2.75) is 26.4 Å². The van der Waals surface area contributed by atoms with Crippen molar-refractivity contribution in [2.24, 2.45) is 11.8 Å². The second-order valence-electron chi connectivity index (χ2n) is 5.80. The van der Waals surface area contributed by atoms with Crippen LogP contribution in [0, 0.1) is 17.7 Å². The Kier molecular flexibility index (Phi) is 5.09. The Bertz CT molecular complexity index is 636. The van der Waals surface area contributed by atoms with E-state index in [1.54, 1.807) is 26.8 Å². The van der Waals surface area contributed by atoms with Crippen molar-refractivity contribution < 1.29 is 23.5 Å². The third kappa shape index (κ3) is 3.72. The average Bonchev–Trinajstić information content (AvgIpc) is 2.69. The van der Waals surface area contributed by atoms with E-state index >= 15 is 0 Å². The van der Waals surface area contributed by atoms with Crippen molar-refractivity contribution in [3.63, 3.8) is 0 Å². The summed E-state index contributed by atoms with van der Waals surface area (Å²) in [4.78, 5) is 24.1. The number of rotatable bonds is 4. The van der Waals surface area contributed by atoms with E-state index in [0.717, 1.165) is 0 Å². The third-order valence-corrected chi connectivity index (χ3v) is 4.11. The molecule has 1 aliphatic rings. The highest BCUT2D eigenvalue weighted by molar-refractivity contribution is 6.48. The maximum absolute atomic E-state index is 13.0. The summed E-state index contributed by atoms with van der Waals surface area (Å²) in [6.45, 7) is 5.26. The largest absolute Gasteiger partial charge is 0.465 e. The van der Waals surface area contributed by atoms with Gasteiger partial charge in [-0.05, 0) is 38.5 Å². The molecule has 4 nitrogen and oxygen atoms in total. The van der Waals surface area contributed by atoms with Gasteiger partial charge in [0.15, 0.2) is 5.92 Å². The van der Waals surface area contributed by atoms with E-state index in [2.05, 4.69) is 0 Å². The van der Waals surface area contributed by atoms with Crippen LogP contribution in [0.5, 0.6) is 0 Å². The van der Waals surface area contributed by atoms with Gasteiger partial charge in [0.25, 0.3) is 0 Å².